The van der Waals surface area contributed by atoms with Gasteiger partial charge in [0.2, 0.25) is 0 Å². The van der Waals surface area contributed by atoms with Gasteiger partial charge >= 0.3 is 5.97 Å². The lowest BCUT2D eigenvalue weighted by atomic mass is 10.1. The fraction of sp³-hybridized carbons (Fsp3) is 0.0952. The number of aromatic nitrogens is 1. The highest BCUT2D eigenvalue weighted by molar-refractivity contribution is 5.90. The van der Waals surface area contributed by atoms with E-state index in [4.69, 9.17) is 9.15 Å². The number of hydrogen-bond donors (Lipinski definition) is 0. The smallest absolute Gasteiger partial charge is 0.338 e. The van der Waals surface area contributed by atoms with Crippen LogP contribution < -0.4 is 0 Å². The number of carbonyl (C=O) groups excluding carboxylic acids is 1. The average molecular weight is 344 g/mol. The molecule has 0 saturated carbocycles. The number of furan rings is 1. The molecule has 1 aromatic carbocycles. The quantitative estimate of drug-likeness (QED) is 0.500. The van der Waals surface area contributed by atoms with Gasteiger partial charge in [0.1, 0.15) is 17.6 Å². The van der Waals surface area contributed by atoms with E-state index < -0.39 is 0 Å². The summed E-state index contributed by atoms with van der Waals surface area (Å²) in [6.07, 6.45) is 3.29. The van der Waals surface area contributed by atoms with E-state index in [0.29, 0.717) is 35.0 Å². The minimum absolute atomic E-state index is 0.339. The monoisotopic (exact) mass is 344 g/mol. The van der Waals surface area contributed by atoms with E-state index in [0.717, 1.165) is 5.56 Å². The molecule has 0 N–H and O–H groups in total. The first-order valence-electron chi connectivity index (χ1n) is 8.12. The Kier molecular flexibility index (Phi) is 5.25. The highest BCUT2D eigenvalue weighted by atomic mass is 16.5. The lowest BCUT2D eigenvalue weighted by Gasteiger charge is -2.02. The van der Waals surface area contributed by atoms with Crippen LogP contribution in [0.15, 0.2) is 65.2 Å². The fourth-order valence-electron chi connectivity index (χ4n) is 2.40. The van der Waals surface area contributed by atoms with Crippen molar-refractivity contribution >= 4 is 17.6 Å². The van der Waals surface area contributed by atoms with Crippen LogP contribution in [-0.4, -0.2) is 17.6 Å². The van der Waals surface area contributed by atoms with E-state index >= 15 is 0 Å². The Morgan fingerprint density at radius 3 is 2.65 bits per heavy atom. The molecule has 5 nitrogen and oxygen atoms in total. The first-order valence-corrected chi connectivity index (χ1v) is 8.12. The van der Waals surface area contributed by atoms with Gasteiger partial charge in [0.15, 0.2) is 0 Å². The second kappa shape index (κ2) is 7.95. The van der Waals surface area contributed by atoms with Gasteiger partial charge in [-0.1, -0.05) is 18.2 Å². The van der Waals surface area contributed by atoms with Gasteiger partial charge < -0.3 is 9.15 Å². The van der Waals surface area contributed by atoms with E-state index in [-0.39, 0.29) is 5.97 Å². The molecular weight excluding hydrogens is 328 g/mol. The van der Waals surface area contributed by atoms with Crippen LogP contribution in [0, 0.1) is 11.3 Å². The third-order valence-electron chi connectivity index (χ3n) is 3.66. The molecule has 0 amide bonds. The minimum Gasteiger partial charge on any atom is -0.462 e. The molecule has 2 aromatic heterocycles. The van der Waals surface area contributed by atoms with Gasteiger partial charge in [-0.3, -0.25) is 4.98 Å². The molecule has 0 saturated heterocycles. The van der Waals surface area contributed by atoms with E-state index in [1.165, 1.54) is 0 Å². The summed E-state index contributed by atoms with van der Waals surface area (Å²) < 4.78 is 10.8. The highest BCUT2D eigenvalue weighted by Crippen LogP contribution is 2.25. The molecule has 0 atom stereocenters. The molecule has 26 heavy (non-hydrogen) atoms. The van der Waals surface area contributed by atoms with Gasteiger partial charge in [0.25, 0.3) is 0 Å². The summed E-state index contributed by atoms with van der Waals surface area (Å²) in [6.45, 7) is 2.11. The van der Waals surface area contributed by atoms with Gasteiger partial charge in [-0.05, 0) is 43.3 Å². The predicted molar refractivity (Wildman–Crippen MR) is 97.8 cm³/mol. The van der Waals surface area contributed by atoms with Crippen molar-refractivity contribution in [1.29, 1.82) is 5.26 Å². The second-order valence-corrected chi connectivity index (χ2v) is 5.38. The Bertz CT molecular complexity index is 964. The van der Waals surface area contributed by atoms with Crippen LogP contribution in [0.5, 0.6) is 0 Å². The topological polar surface area (TPSA) is 76.1 Å². The molecule has 0 unspecified atom stereocenters. The maximum Gasteiger partial charge on any atom is 0.338 e. The summed E-state index contributed by atoms with van der Waals surface area (Å²) in [4.78, 5) is 15.9. The SMILES string of the molecule is CCOC(=O)c1ccc(-c2ccc(/C=C(\C#N)c3ccccn3)o2)cc1. The lowest BCUT2D eigenvalue weighted by molar-refractivity contribution is 0.0526. The predicted octanol–water partition coefficient (Wildman–Crippen LogP) is 4.58. The van der Waals surface area contributed by atoms with Crippen LogP contribution in [0.2, 0.25) is 0 Å². The van der Waals surface area contributed by atoms with Crippen molar-refractivity contribution in [2.45, 2.75) is 6.92 Å². The largest absolute Gasteiger partial charge is 0.462 e. The third-order valence-corrected chi connectivity index (χ3v) is 3.66. The van der Waals surface area contributed by atoms with E-state index in [2.05, 4.69) is 11.1 Å². The van der Waals surface area contributed by atoms with Crippen molar-refractivity contribution in [3.05, 3.63) is 77.8 Å². The summed E-state index contributed by atoms with van der Waals surface area (Å²) in [6, 6.07) is 18.1. The van der Waals surface area contributed by atoms with Crippen molar-refractivity contribution in [2.75, 3.05) is 6.61 Å². The molecule has 2 heterocycles. The molecule has 0 aliphatic rings. The van der Waals surface area contributed by atoms with Gasteiger partial charge in [0, 0.05) is 17.8 Å². The number of rotatable bonds is 5. The summed E-state index contributed by atoms with van der Waals surface area (Å²) >= 11 is 0. The zero-order valence-corrected chi connectivity index (χ0v) is 14.2. The number of nitriles is 1. The van der Waals surface area contributed by atoms with Gasteiger partial charge in [-0.2, -0.15) is 5.26 Å². The number of nitrogens with zero attached hydrogens (tertiary/aromatic N) is 2. The Morgan fingerprint density at radius 1 is 1.19 bits per heavy atom. The van der Waals surface area contributed by atoms with Gasteiger partial charge in [-0.25, -0.2) is 4.79 Å². The Labute approximate surface area is 151 Å². The number of pyridine rings is 1. The molecule has 5 heteroatoms. The zero-order chi connectivity index (χ0) is 18.4. The number of benzene rings is 1. The molecular formula is C21H16N2O3. The van der Waals surface area contributed by atoms with Crippen LogP contribution in [-0.2, 0) is 4.74 Å². The summed E-state index contributed by atoms with van der Waals surface area (Å²) in [5, 5.41) is 9.35. The zero-order valence-electron chi connectivity index (χ0n) is 14.2. The molecule has 3 rings (SSSR count). The van der Waals surface area contributed by atoms with Gasteiger partial charge in [-0.15, -0.1) is 0 Å². The molecule has 3 aromatic rings. The average Bonchev–Trinajstić information content (AvgIpc) is 3.16. The van der Waals surface area contributed by atoms with Crippen molar-refractivity contribution in [3.63, 3.8) is 0 Å². The van der Waals surface area contributed by atoms with E-state index in [9.17, 15) is 10.1 Å². The third kappa shape index (κ3) is 3.87. The highest BCUT2D eigenvalue weighted by Gasteiger charge is 2.09. The second-order valence-electron chi connectivity index (χ2n) is 5.38. The van der Waals surface area contributed by atoms with Crippen molar-refractivity contribution in [3.8, 4) is 17.4 Å². The first kappa shape index (κ1) is 17.2. The Balaban J connectivity index is 1.83. The summed E-state index contributed by atoms with van der Waals surface area (Å²) in [7, 11) is 0. The van der Waals surface area contributed by atoms with Crippen molar-refractivity contribution in [2.24, 2.45) is 0 Å². The van der Waals surface area contributed by atoms with E-state index in [1.54, 1.807) is 61.7 Å². The van der Waals surface area contributed by atoms with Gasteiger partial charge in [0.05, 0.1) is 23.4 Å². The molecule has 0 aliphatic heterocycles. The van der Waals surface area contributed by atoms with Crippen LogP contribution in [0.3, 0.4) is 0 Å². The van der Waals surface area contributed by atoms with Crippen LogP contribution in [0.25, 0.3) is 23.0 Å². The molecule has 0 bridgehead atoms. The normalized spacial score (nSPS) is 11.0. The Morgan fingerprint density at radius 2 is 2.00 bits per heavy atom. The molecule has 0 fully saturated rings. The number of esters is 1. The molecule has 0 aliphatic carbocycles. The first-order chi connectivity index (χ1) is 12.7. The number of hydrogen-bond acceptors (Lipinski definition) is 5. The van der Waals surface area contributed by atoms with Crippen LogP contribution in [0.1, 0.15) is 28.7 Å². The van der Waals surface area contributed by atoms with Crippen LogP contribution >= 0.6 is 0 Å². The summed E-state index contributed by atoms with van der Waals surface area (Å²) in [5.74, 6) is 0.845. The Hall–Kier alpha value is -3.65. The maximum atomic E-state index is 11.7. The van der Waals surface area contributed by atoms with E-state index in [1.807, 2.05) is 12.1 Å². The van der Waals surface area contributed by atoms with Crippen molar-refractivity contribution < 1.29 is 13.9 Å². The maximum absolute atomic E-state index is 11.7. The standard InChI is InChI=1S/C21H16N2O3/c1-2-25-21(24)16-8-6-15(7-9-16)20-11-10-18(26-20)13-17(14-22)19-5-3-4-12-23-19/h3-13H,2H2,1H3/b17-13+. The number of ether oxygens (including phenoxy) is 1. The molecule has 0 radical (unpaired) electrons. The summed E-state index contributed by atoms with van der Waals surface area (Å²) in [5.41, 5.74) is 2.33. The number of allylic oxidation sites excluding steroid dienone is 1. The number of carbonyl (C=O) groups is 1. The minimum atomic E-state index is -0.351. The van der Waals surface area contributed by atoms with Crippen LogP contribution in [0.4, 0.5) is 0 Å². The van der Waals surface area contributed by atoms with Crippen molar-refractivity contribution in [1.82, 2.24) is 4.98 Å². The lowest BCUT2D eigenvalue weighted by Crippen LogP contribution is -2.03. The molecule has 128 valence electrons. The molecule has 0 spiro atoms. The fourth-order valence-corrected chi connectivity index (χ4v) is 2.40.